The molecule has 0 fully saturated rings. The van der Waals surface area contributed by atoms with Crippen LogP contribution in [0.4, 0.5) is 0 Å². The Bertz CT molecular complexity index is 673. The first-order valence-corrected chi connectivity index (χ1v) is 7.62. The number of aryl methyl sites for hydroxylation is 3. The highest BCUT2D eigenvalue weighted by molar-refractivity contribution is 7.16. The van der Waals surface area contributed by atoms with Crippen molar-refractivity contribution in [1.29, 1.82) is 0 Å². The number of hydrogen-bond donors (Lipinski definition) is 1. The average molecular weight is 287 g/mol. The van der Waals surface area contributed by atoms with Crippen molar-refractivity contribution in [3.8, 4) is 0 Å². The number of nitrogens with zero attached hydrogens (tertiary/aromatic N) is 4. The number of rotatable bonds is 6. The first-order valence-electron chi connectivity index (χ1n) is 6.81. The Hall–Kier alpha value is -1.79. The van der Waals surface area contributed by atoms with E-state index < -0.39 is 0 Å². The number of benzene rings is 1. The molecule has 0 saturated heterocycles. The number of aromatic nitrogens is 4. The van der Waals surface area contributed by atoms with Gasteiger partial charge in [0.1, 0.15) is 5.01 Å². The van der Waals surface area contributed by atoms with Gasteiger partial charge in [-0.1, -0.05) is 41.7 Å². The Morgan fingerprint density at radius 2 is 1.90 bits per heavy atom. The monoisotopic (exact) mass is 287 g/mol. The zero-order valence-corrected chi connectivity index (χ0v) is 12.0. The van der Waals surface area contributed by atoms with E-state index in [-0.39, 0.29) is 0 Å². The molecule has 0 aliphatic rings. The normalized spacial score (nSPS) is 11.2. The van der Waals surface area contributed by atoms with Crippen LogP contribution in [0.3, 0.4) is 0 Å². The van der Waals surface area contributed by atoms with Gasteiger partial charge in [0, 0.05) is 12.8 Å². The second-order valence-electron chi connectivity index (χ2n) is 4.68. The molecule has 0 aliphatic carbocycles. The maximum atomic E-state index is 5.53. The summed E-state index contributed by atoms with van der Waals surface area (Å²) in [6, 6.07) is 10.4. The van der Waals surface area contributed by atoms with Crippen LogP contribution in [0.1, 0.15) is 22.8 Å². The maximum absolute atomic E-state index is 5.53. The first kappa shape index (κ1) is 13.2. The van der Waals surface area contributed by atoms with E-state index in [0.29, 0.717) is 6.54 Å². The molecule has 2 N–H and O–H groups in total. The molecule has 1 aromatic carbocycles. The molecule has 3 rings (SSSR count). The van der Waals surface area contributed by atoms with E-state index in [4.69, 9.17) is 5.73 Å². The summed E-state index contributed by atoms with van der Waals surface area (Å²) >= 11 is 1.60. The van der Waals surface area contributed by atoms with E-state index in [1.165, 1.54) is 5.56 Å². The van der Waals surface area contributed by atoms with Crippen LogP contribution in [0.2, 0.25) is 0 Å². The minimum absolute atomic E-state index is 0.695. The lowest BCUT2D eigenvalue weighted by atomic mass is 10.1. The Morgan fingerprint density at radius 3 is 2.70 bits per heavy atom. The van der Waals surface area contributed by atoms with Crippen molar-refractivity contribution in [2.75, 3.05) is 6.54 Å². The molecule has 6 heteroatoms. The van der Waals surface area contributed by atoms with Crippen molar-refractivity contribution in [2.45, 2.75) is 25.7 Å². The van der Waals surface area contributed by atoms with Crippen molar-refractivity contribution in [2.24, 2.45) is 5.73 Å². The third-order valence-corrected chi connectivity index (χ3v) is 4.13. The summed E-state index contributed by atoms with van der Waals surface area (Å²) in [5.41, 5.74) is 6.84. The standard InChI is InChI=1S/C14H17N5S/c15-10-4-7-13-18-19-12(16-17-14(19)20-13)9-8-11-5-2-1-3-6-11/h1-3,5-6H,4,7-10,15H2. The van der Waals surface area contributed by atoms with Gasteiger partial charge in [0.05, 0.1) is 0 Å². The molecule has 0 spiro atoms. The highest BCUT2D eigenvalue weighted by Gasteiger charge is 2.11. The average Bonchev–Trinajstić information content (AvgIpc) is 3.04. The zero-order valence-electron chi connectivity index (χ0n) is 11.2. The van der Waals surface area contributed by atoms with E-state index >= 15 is 0 Å². The molecular weight excluding hydrogens is 270 g/mol. The van der Waals surface area contributed by atoms with Crippen LogP contribution >= 0.6 is 11.3 Å². The molecule has 0 amide bonds. The lowest BCUT2D eigenvalue weighted by Crippen LogP contribution is -2.02. The van der Waals surface area contributed by atoms with Crippen LogP contribution in [-0.2, 0) is 19.3 Å². The number of hydrogen-bond acceptors (Lipinski definition) is 5. The fourth-order valence-corrected chi connectivity index (χ4v) is 3.00. The molecule has 0 aliphatic heterocycles. The first-order chi connectivity index (χ1) is 9.86. The molecular formula is C14H17N5S. The predicted molar refractivity (Wildman–Crippen MR) is 79.9 cm³/mol. The Kier molecular flexibility index (Phi) is 4.03. The third kappa shape index (κ3) is 2.86. The quantitative estimate of drug-likeness (QED) is 0.751. The van der Waals surface area contributed by atoms with Gasteiger partial charge >= 0.3 is 0 Å². The van der Waals surface area contributed by atoms with E-state index in [1.54, 1.807) is 11.3 Å². The second-order valence-corrected chi connectivity index (χ2v) is 5.72. The van der Waals surface area contributed by atoms with Gasteiger partial charge in [-0.25, -0.2) is 0 Å². The third-order valence-electron chi connectivity index (χ3n) is 3.17. The van der Waals surface area contributed by atoms with Crippen molar-refractivity contribution >= 4 is 16.3 Å². The smallest absolute Gasteiger partial charge is 0.234 e. The molecule has 5 nitrogen and oxygen atoms in total. The van der Waals surface area contributed by atoms with Crippen LogP contribution < -0.4 is 5.73 Å². The van der Waals surface area contributed by atoms with Crippen LogP contribution in [0, 0.1) is 0 Å². The summed E-state index contributed by atoms with van der Waals surface area (Å²) in [6.07, 6.45) is 3.69. The van der Waals surface area contributed by atoms with E-state index in [2.05, 4.69) is 39.6 Å². The highest BCUT2D eigenvalue weighted by Crippen LogP contribution is 2.16. The molecule has 2 aromatic heterocycles. The number of nitrogens with two attached hydrogens (primary N) is 1. The number of fused-ring (bicyclic) bond motifs is 1. The molecule has 0 bridgehead atoms. The fraction of sp³-hybridized carbons (Fsp3) is 0.357. The molecule has 0 saturated carbocycles. The van der Waals surface area contributed by atoms with E-state index in [1.807, 2.05) is 10.6 Å². The highest BCUT2D eigenvalue weighted by atomic mass is 32.1. The Morgan fingerprint density at radius 1 is 1.05 bits per heavy atom. The van der Waals surface area contributed by atoms with E-state index in [0.717, 1.165) is 41.5 Å². The van der Waals surface area contributed by atoms with Crippen molar-refractivity contribution in [1.82, 2.24) is 19.8 Å². The van der Waals surface area contributed by atoms with Gasteiger partial charge in [-0.15, -0.1) is 10.2 Å². The SMILES string of the molecule is NCCCc1nn2c(CCc3ccccc3)nnc2s1. The molecule has 104 valence electrons. The summed E-state index contributed by atoms with van der Waals surface area (Å²) in [5, 5.41) is 14.1. The second kappa shape index (κ2) is 6.11. The maximum Gasteiger partial charge on any atom is 0.234 e. The molecule has 0 atom stereocenters. The van der Waals surface area contributed by atoms with Gasteiger partial charge in [-0.2, -0.15) is 9.61 Å². The Balaban J connectivity index is 1.73. The van der Waals surface area contributed by atoms with Gasteiger partial charge < -0.3 is 5.73 Å². The minimum Gasteiger partial charge on any atom is -0.330 e. The van der Waals surface area contributed by atoms with Crippen molar-refractivity contribution in [3.05, 3.63) is 46.7 Å². The van der Waals surface area contributed by atoms with Crippen LogP contribution in [0.25, 0.3) is 4.96 Å². The van der Waals surface area contributed by atoms with Crippen LogP contribution in [0.5, 0.6) is 0 Å². The predicted octanol–water partition coefficient (Wildman–Crippen LogP) is 1.86. The van der Waals surface area contributed by atoms with Gasteiger partial charge in [-0.3, -0.25) is 0 Å². The Labute approximate surface area is 121 Å². The summed E-state index contributed by atoms with van der Waals surface area (Å²) in [4.78, 5) is 0.875. The summed E-state index contributed by atoms with van der Waals surface area (Å²) in [6.45, 7) is 0.695. The lowest BCUT2D eigenvalue weighted by molar-refractivity contribution is 0.755. The molecule has 20 heavy (non-hydrogen) atoms. The van der Waals surface area contributed by atoms with Gasteiger partial charge in [0.25, 0.3) is 0 Å². The van der Waals surface area contributed by atoms with Crippen LogP contribution in [-0.4, -0.2) is 26.4 Å². The minimum atomic E-state index is 0.695. The van der Waals surface area contributed by atoms with Crippen molar-refractivity contribution < 1.29 is 0 Å². The molecule has 3 aromatic rings. The summed E-state index contributed by atoms with van der Waals surface area (Å²) in [7, 11) is 0. The molecule has 0 radical (unpaired) electrons. The van der Waals surface area contributed by atoms with Crippen molar-refractivity contribution in [3.63, 3.8) is 0 Å². The molecule has 0 unspecified atom stereocenters. The van der Waals surface area contributed by atoms with Crippen LogP contribution in [0.15, 0.2) is 30.3 Å². The zero-order chi connectivity index (χ0) is 13.8. The largest absolute Gasteiger partial charge is 0.330 e. The van der Waals surface area contributed by atoms with Gasteiger partial charge in [0.15, 0.2) is 5.82 Å². The summed E-state index contributed by atoms with van der Waals surface area (Å²) < 4.78 is 1.87. The fourth-order valence-electron chi connectivity index (χ4n) is 2.11. The van der Waals surface area contributed by atoms with Gasteiger partial charge in [0.2, 0.25) is 4.96 Å². The van der Waals surface area contributed by atoms with E-state index in [9.17, 15) is 0 Å². The van der Waals surface area contributed by atoms with Gasteiger partial charge in [-0.05, 0) is 24.9 Å². The molecule has 2 heterocycles. The summed E-state index contributed by atoms with van der Waals surface area (Å²) in [5.74, 6) is 0.930. The lowest BCUT2D eigenvalue weighted by Gasteiger charge is -1.98. The topological polar surface area (TPSA) is 69.1 Å².